The summed E-state index contributed by atoms with van der Waals surface area (Å²) in [7, 11) is 0. The van der Waals surface area contributed by atoms with Crippen LogP contribution in [0, 0.1) is 0 Å². The molecule has 0 saturated heterocycles. The van der Waals surface area contributed by atoms with Gasteiger partial charge in [0.05, 0.1) is 0 Å². The van der Waals surface area contributed by atoms with Crippen LogP contribution in [-0.2, 0) is 0 Å². The van der Waals surface area contributed by atoms with Crippen LogP contribution in [0.1, 0.15) is 0 Å². The number of rotatable bonds is 2. The van der Waals surface area contributed by atoms with Gasteiger partial charge in [0, 0.05) is 16.3 Å². The highest BCUT2D eigenvalue weighted by Crippen LogP contribution is 2.36. The quantitative estimate of drug-likeness (QED) is 0.557. The van der Waals surface area contributed by atoms with Gasteiger partial charge in [0.15, 0.2) is 17.3 Å². The molecule has 0 amide bonds. The average molecular weight is 294 g/mol. The Balaban J connectivity index is 1.91. The molecule has 6 nitrogen and oxygen atoms in total. The molecule has 0 bridgehead atoms. The molecular formula is C16H14N4O2. The third kappa shape index (κ3) is 2.01. The summed E-state index contributed by atoms with van der Waals surface area (Å²) in [6.45, 7) is 1.13. The van der Waals surface area contributed by atoms with Crippen LogP contribution in [0.4, 0.5) is 5.82 Å². The smallest absolute Gasteiger partial charge is 0.170 e. The molecule has 3 aromatic rings. The van der Waals surface area contributed by atoms with Gasteiger partial charge in [0.1, 0.15) is 18.9 Å². The average Bonchev–Trinajstić information content (AvgIpc) is 2.60. The second-order valence-electron chi connectivity index (χ2n) is 4.95. The van der Waals surface area contributed by atoms with Gasteiger partial charge in [-0.2, -0.15) is 0 Å². The van der Waals surface area contributed by atoms with Crippen LogP contribution in [-0.4, -0.2) is 23.4 Å². The molecule has 110 valence electrons. The van der Waals surface area contributed by atoms with Crippen LogP contribution >= 0.6 is 0 Å². The van der Waals surface area contributed by atoms with Crippen molar-refractivity contribution in [2.24, 2.45) is 5.84 Å². The van der Waals surface area contributed by atoms with E-state index >= 15 is 0 Å². The number of anilines is 1. The van der Waals surface area contributed by atoms with Gasteiger partial charge in [0.25, 0.3) is 0 Å². The van der Waals surface area contributed by atoms with Gasteiger partial charge >= 0.3 is 0 Å². The monoisotopic (exact) mass is 294 g/mol. The van der Waals surface area contributed by atoms with Crippen molar-refractivity contribution < 1.29 is 9.47 Å². The highest BCUT2D eigenvalue weighted by atomic mass is 16.6. The molecule has 0 atom stereocenters. The number of nitrogens with zero attached hydrogens (tertiary/aromatic N) is 2. The van der Waals surface area contributed by atoms with Crippen molar-refractivity contribution in [1.82, 2.24) is 10.2 Å². The molecule has 1 aromatic heterocycles. The summed E-state index contributed by atoms with van der Waals surface area (Å²) in [6, 6.07) is 13.7. The summed E-state index contributed by atoms with van der Waals surface area (Å²) in [5, 5.41) is 10.4. The van der Waals surface area contributed by atoms with Crippen LogP contribution in [0.3, 0.4) is 0 Å². The van der Waals surface area contributed by atoms with Gasteiger partial charge in [-0.3, -0.25) is 0 Å². The van der Waals surface area contributed by atoms with Crippen molar-refractivity contribution >= 4 is 16.6 Å². The van der Waals surface area contributed by atoms with Crippen LogP contribution < -0.4 is 20.7 Å². The van der Waals surface area contributed by atoms with Crippen molar-refractivity contribution in [3.63, 3.8) is 0 Å². The van der Waals surface area contributed by atoms with Gasteiger partial charge in [0.2, 0.25) is 0 Å². The Bertz CT molecular complexity index is 851. The molecule has 2 heterocycles. The summed E-state index contributed by atoms with van der Waals surface area (Å²) in [4.78, 5) is 0. The van der Waals surface area contributed by atoms with E-state index in [-0.39, 0.29) is 0 Å². The van der Waals surface area contributed by atoms with Crippen molar-refractivity contribution in [3.8, 4) is 22.8 Å². The van der Waals surface area contributed by atoms with E-state index in [1.54, 1.807) is 0 Å². The zero-order valence-corrected chi connectivity index (χ0v) is 11.7. The summed E-state index contributed by atoms with van der Waals surface area (Å²) >= 11 is 0. The molecule has 6 heteroatoms. The number of benzene rings is 2. The first kappa shape index (κ1) is 12.8. The maximum atomic E-state index is 5.64. The lowest BCUT2D eigenvalue weighted by Crippen LogP contribution is -2.15. The zero-order chi connectivity index (χ0) is 14.9. The molecule has 0 spiro atoms. The van der Waals surface area contributed by atoms with E-state index in [1.165, 1.54) is 0 Å². The molecular weight excluding hydrogens is 280 g/mol. The molecule has 0 radical (unpaired) electrons. The molecule has 2 aromatic carbocycles. The number of hydrazine groups is 1. The molecule has 3 N–H and O–H groups in total. The van der Waals surface area contributed by atoms with Gasteiger partial charge in [-0.1, -0.05) is 24.3 Å². The Labute approximate surface area is 126 Å². The predicted molar refractivity (Wildman–Crippen MR) is 83.8 cm³/mol. The number of nitrogens with one attached hydrogen (secondary N) is 1. The standard InChI is InChI=1S/C16H14N4O2/c17-18-16-12-4-2-1-3-11(12)15(19-20-16)10-5-6-13-14(9-10)22-8-7-21-13/h1-6,9H,7-8,17H2,(H,18,20). The minimum atomic E-state index is 0.553. The summed E-state index contributed by atoms with van der Waals surface area (Å²) in [6.07, 6.45) is 0. The normalized spacial score (nSPS) is 13.1. The van der Waals surface area contributed by atoms with Gasteiger partial charge in [-0.05, 0) is 18.2 Å². The Morgan fingerprint density at radius 3 is 2.50 bits per heavy atom. The molecule has 0 unspecified atom stereocenters. The Morgan fingerprint density at radius 1 is 0.909 bits per heavy atom. The number of hydrogen-bond acceptors (Lipinski definition) is 6. The fraction of sp³-hybridized carbons (Fsp3) is 0.125. The lowest BCUT2D eigenvalue weighted by Gasteiger charge is -2.19. The van der Waals surface area contributed by atoms with Gasteiger partial charge in [-0.25, -0.2) is 5.84 Å². The van der Waals surface area contributed by atoms with E-state index in [2.05, 4.69) is 15.6 Å². The molecule has 0 fully saturated rings. The lowest BCUT2D eigenvalue weighted by atomic mass is 10.0. The van der Waals surface area contributed by atoms with Crippen molar-refractivity contribution in [1.29, 1.82) is 0 Å². The predicted octanol–water partition coefficient (Wildman–Crippen LogP) is 2.35. The maximum absolute atomic E-state index is 5.64. The number of nitrogens with two attached hydrogens (primary N) is 1. The van der Waals surface area contributed by atoms with Gasteiger partial charge in [-0.15, -0.1) is 10.2 Å². The first-order valence-electron chi connectivity index (χ1n) is 6.99. The van der Waals surface area contributed by atoms with E-state index in [1.807, 2.05) is 42.5 Å². The zero-order valence-electron chi connectivity index (χ0n) is 11.7. The van der Waals surface area contributed by atoms with E-state index in [0.717, 1.165) is 33.5 Å². The largest absolute Gasteiger partial charge is 0.486 e. The van der Waals surface area contributed by atoms with Crippen molar-refractivity contribution in [2.45, 2.75) is 0 Å². The number of nitrogen functional groups attached to an aromatic ring is 1. The van der Waals surface area contributed by atoms with E-state index in [4.69, 9.17) is 15.3 Å². The van der Waals surface area contributed by atoms with Crippen LogP contribution in [0.2, 0.25) is 0 Å². The fourth-order valence-corrected chi connectivity index (χ4v) is 2.61. The Morgan fingerprint density at radius 2 is 1.68 bits per heavy atom. The van der Waals surface area contributed by atoms with E-state index < -0.39 is 0 Å². The molecule has 4 rings (SSSR count). The first-order chi connectivity index (χ1) is 10.9. The second kappa shape index (κ2) is 5.16. The molecule has 1 aliphatic rings. The summed E-state index contributed by atoms with van der Waals surface area (Å²) in [5.74, 6) is 7.55. The Kier molecular flexibility index (Phi) is 3.01. The van der Waals surface area contributed by atoms with Crippen molar-refractivity contribution in [2.75, 3.05) is 18.6 Å². The molecule has 22 heavy (non-hydrogen) atoms. The highest BCUT2D eigenvalue weighted by Gasteiger charge is 2.15. The maximum Gasteiger partial charge on any atom is 0.170 e. The number of hydrogen-bond donors (Lipinski definition) is 2. The SMILES string of the molecule is NNc1nnc(-c2ccc3c(c2)OCCO3)c2ccccc12. The summed E-state index contributed by atoms with van der Waals surface area (Å²) < 4.78 is 11.2. The molecule has 0 aliphatic carbocycles. The lowest BCUT2D eigenvalue weighted by molar-refractivity contribution is 0.171. The first-order valence-corrected chi connectivity index (χ1v) is 6.99. The van der Waals surface area contributed by atoms with Gasteiger partial charge < -0.3 is 14.9 Å². The van der Waals surface area contributed by atoms with E-state index in [0.29, 0.717) is 19.0 Å². The van der Waals surface area contributed by atoms with Crippen LogP contribution in [0.5, 0.6) is 11.5 Å². The second-order valence-corrected chi connectivity index (χ2v) is 4.95. The van der Waals surface area contributed by atoms with Crippen LogP contribution in [0.15, 0.2) is 42.5 Å². The number of fused-ring (bicyclic) bond motifs is 2. The molecule has 1 aliphatic heterocycles. The number of ether oxygens (including phenoxy) is 2. The third-order valence-electron chi connectivity index (χ3n) is 3.64. The third-order valence-corrected chi connectivity index (χ3v) is 3.64. The van der Waals surface area contributed by atoms with E-state index in [9.17, 15) is 0 Å². The fourth-order valence-electron chi connectivity index (χ4n) is 2.61. The minimum Gasteiger partial charge on any atom is -0.486 e. The highest BCUT2D eigenvalue weighted by molar-refractivity contribution is 6.00. The Hall–Kier alpha value is -2.86. The summed E-state index contributed by atoms with van der Waals surface area (Å²) in [5.41, 5.74) is 4.29. The topological polar surface area (TPSA) is 82.3 Å². The number of aromatic nitrogens is 2. The van der Waals surface area contributed by atoms with Crippen LogP contribution in [0.25, 0.3) is 22.0 Å². The minimum absolute atomic E-state index is 0.553. The van der Waals surface area contributed by atoms with Crippen molar-refractivity contribution in [3.05, 3.63) is 42.5 Å². The molecule has 0 saturated carbocycles.